The maximum Gasteiger partial charge on any atom is 0.319 e. The van der Waals surface area contributed by atoms with Crippen molar-refractivity contribution in [1.29, 1.82) is 0 Å². The molecule has 2 rings (SSSR count). The Balaban J connectivity index is 2.15. The zero-order valence-electron chi connectivity index (χ0n) is 13.8. The highest BCUT2D eigenvalue weighted by Crippen LogP contribution is 2.17. The SMILES string of the molecule is CCc1ccccc1NC(=O)NC(CS(C)(=O)=O)c1ccccc1. The van der Waals surface area contributed by atoms with Gasteiger partial charge in [0.2, 0.25) is 0 Å². The monoisotopic (exact) mass is 346 g/mol. The van der Waals surface area contributed by atoms with Gasteiger partial charge in [0.1, 0.15) is 9.84 Å². The largest absolute Gasteiger partial charge is 0.330 e. The lowest BCUT2D eigenvalue weighted by atomic mass is 10.1. The minimum absolute atomic E-state index is 0.153. The maximum atomic E-state index is 12.3. The highest BCUT2D eigenvalue weighted by Gasteiger charge is 2.20. The Labute approximate surface area is 143 Å². The molecule has 0 aliphatic rings. The molecule has 0 saturated carbocycles. The van der Waals surface area contributed by atoms with Crippen LogP contribution in [0.15, 0.2) is 54.6 Å². The van der Waals surface area contributed by atoms with E-state index in [1.807, 2.05) is 49.4 Å². The van der Waals surface area contributed by atoms with Gasteiger partial charge in [0.25, 0.3) is 0 Å². The van der Waals surface area contributed by atoms with E-state index in [2.05, 4.69) is 10.6 Å². The molecule has 2 aromatic carbocycles. The fraction of sp³-hybridized carbons (Fsp3) is 0.278. The third-order valence-corrected chi connectivity index (χ3v) is 4.56. The van der Waals surface area contributed by atoms with Gasteiger partial charge in [-0.05, 0) is 23.6 Å². The normalized spacial score (nSPS) is 12.4. The minimum atomic E-state index is -3.25. The first-order chi connectivity index (χ1) is 11.4. The van der Waals surface area contributed by atoms with E-state index >= 15 is 0 Å². The summed E-state index contributed by atoms with van der Waals surface area (Å²) in [5.41, 5.74) is 2.50. The predicted molar refractivity (Wildman–Crippen MR) is 96.9 cm³/mol. The van der Waals surface area contributed by atoms with Gasteiger partial charge in [-0.3, -0.25) is 0 Å². The Bertz CT molecular complexity index is 789. The van der Waals surface area contributed by atoms with Crippen LogP contribution in [0.1, 0.15) is 24.1 Å². The molecule has 2 amide bonds. The number of rotatable bonds is 6. The third kappa shape index (κ3) is 5.38. The van der Waals surface area contributed by atoms with Gasteiger partial charge in [0.05, 0.1) is 11.8 Å². The Morgan fingerprint density at radius 1 is 1.04 bits per heavy atom. The number of para-hydroxylation sites is 1. The molecule has 0 spiro atoms. The number of nitrogens with one attached hydrogen (secondary N) is 2. The van der Waals surface area contributed by atoms with Gasteiger partial charge in [-0.15, -0.1) is 0 Å². The summed E-state index contributed by atoms with van der Waals surface area (Å²) in [6.45, 7) is 2.01. The molecule has 0 heterocycles. The van der Waals surface area contributed by atoms with Crippen molar-refractivity contribution in [3.8, 4) is 0 Å². The Hall–Kier alpha value is -2.34. The molecule has 0 fully saturated rings. The second kappa shape index (κ2) is 7.97. The van der Waals surface area contributed by atoms with Crippen molar-refractivity contribution < 1.29 is 13.2 Å². The lowest BCUT2D eigenvalue weighted by molar-refractivity contribution is 0.249. The van der Waals surface area contributed by atoms with Gasteiger partial charge in [-0.2, -0.15) is 0 Å². The molecule has 1 atom stereocenters. The zero-order valence-corrected chi connectivity index (χ0v) is 14.6. The Morgan fingerprint density at radius 3 is 2.29 bits per heavy atom. The summed E-state index contributed by atoms with van der Waals surface area (Å²) >= 11 is 0. The summed E-state index contributed by atoms with van der Waals surface area (Å²) < 4.78 is 23.4. The van der Waals surface area contributed by atoms with Gasteiger partial charge in [0, 0.05) is 11.9 Å². The Kier molecular flexibility index (Phi) is 5.98. The number of hydrogen-bond acceptors (Lipinski definition) is 3. The van der Waals surface area contributed by atoms with E-state index in [4.69, 9.17) is 0 Å². The molecule has 5 nitrogen and oxygen atoms in total. The van der Waals surface area contributed by atoms with Crippen LogP contribution in [0, 0.1) is 0 Å². The summed E-state index contributed by atoms with van der Waals surface area (Å²) in [6, 6.07) is 15.6. The molecule has 0 aliphatic heterocycles. The van der Waals surface area contributed by atoms with E-state index in [-0.39, 0.29) is 5.75 Å². The molecule has 0 saturated heterocycles. The average molecular weight is 346 g/mol. The molecule has 2 aromatic rings. The first-order valence-corrected chi connectivity index (χ1v) is 9.83. The molecule has 0 aromatic heterocycles. The van der Waals surface area contributed by atoms with Crippen LogP contribution >= 0.6 is 0 Å². The number of amides is 2. The summed E-state index contributed by atoms with van der Waals surface area (Å²) in [4.78, 5) is 12.3. The molecule has 2 N–H and O–H groups in total. The lowest BCUT2D eigenvalue weighted by Gasteiger charge is -2.19. The molecule has 6 heteroatoms. The van der Waals surface area contributed by atoms with Crippen molar-refractivity contribution in [3.63, 3.8) is 0 Å². The smallest absolute Gasteiger partial charge is 0.319 e. The van der Waals surface area contributed by atoms with Crippen LogP contribution in [0.3, 0.4) is 0 Å². The number of hydrogen-bond donors (Lipinski definition) is 2. The van der Waals surface area contributed by atoms with Crippen LogP contribution in [-0.2, 0) is 16.3 Å². The number of anilines is 1. The van der Waals surface area contributed by atoms with Crippen LogP contribution in [0.2, 0.25) is 0 Å². The van der Waals surface area contributed by atoms with Crippen molar-refractivity contribution in [2.75, 3.05) is 17.3 Å². The molecule has 1 unspecified atom stereocenters. The fourth-order valence-electron chi connectivity index (χ4n) is 2.48. The molecule has 0 radical (unpaired) electrons. The topological polar surface area (TPSA) is 75.3 Å². The molecule has 0 aliphatic carbocycles. The Morgan fingerprint density at radius 2 is 1.67 bits per heavy atom. The average Bonchev–Trinajstić information content (AvgIpc) is 2.54. The highest BCUT2D eigenvalue weighted by atomic mass is 32.2. The highest BCUT2D eigenvalue weighted by molar-refractivity contribution is 7.90. The van der Waals surface area contributed by atoms with Crippen LogP contribution in [-0.4, -0.2) is 26.5 Å². The van der Waals surface area contributed by atoms with Crippen molar-refractivity contribution in [1.82, 2.24) is 5.32 Å². The molecule has 0 bridgehead atoms. The van der Waals surface area contributed by atoms with Crippen LogP contribution in [0.4, 0.5) is 10.5 Å². The predicted octanol–water partition coefficient (Wildman–Crippen LogP) is 3.16. The fourth-order valence-corrected chi connectivity index (χ4v) is 3.36. The molecular weight excluding hydrogens is 324 g/mol. The number of urea groups is 1. The third-order valence-electron chi connectivity index (χ3n) is 3.62. The van der Waals surface area contributed by atoms with E-state index in [1.54, 1.807) is 12.1 Å². The maximum absolute atomic E-state index is 12.3. The van der Waals surface area contributed by atoms with Crippen LogP contribution in [0.5, 0.6) is 0 Å². The first kappa shape index (κ1) is 18.0. The molecule has 128 valence electrons. The number of benzene rings is 2. The van der Waals surface area contributed by atoms with Gasteiger partial charge in [0.15, 0.2) is 0 Å². The second-order valence-electron chi connectivity index (χ2n) is 5.66. The molecular formula is C18H22N2O3S. The van der Waals surface area contributed by atoms with E-state index in [0.717, 1.165) is 29.5 Å². The van der Waals surface area contributed by atoms with E-state index in [0.29, 0.717) is 0 Å². The minimum Gasteiger partial charge on any atom is -0.330 e. The van der Waals surface area contributed by atoms with Crippen molar-refractivity contribution in [2.45, 2.75) is 19.4 Å². The number of carbonyl (C=O) groups is 1. The van der Waals surface area contributed by atoms with Crippen molar-refractivity contribution in [2.24, 2.45) is 0 Å². The van der Waals surface area contributed by atoms with Crippen molar-refractivity contribution in [3.05, 3.63) is 65.7 Å². The summed E-state index contributed by atoms with van der Waals surface area (Å²) in [6.07, 6.45) is 1.96. The van der Waals surface area contributed by atoms with Gasteiger partial charge in [-0.25, -0.2) is 13.2 Å². The lowest BCUT2D eigenvalue weighted by Crippen LogP contribution is -2.36. The number of aryl methyl sites for hydroxylation is 1. The second-order valence-corrected chi connectivity index (χ2v) is 7.85. The van der Waals surface area contributed by atoms with Gasteiger partial charge < -0.3 is 10.6 Å². The van der Waals surface area contributed by atoms with Crippen LogP contribution in [0.25, 0.3) is 0 Å². The quantitative estimate of drug-likeness (QED) is 0.844. The number of sulfone groups is 1. The van der Waals surface area contributed by atoms with Crippen LogP contribution < -0.4 is 10.6 Å². The first-order valence-electron chi connectivity index (χ1n) is 7.77. The van der Waals surface area contributed by atoms with Gasteiger partial charge in [-0.1, -0.05) is 55.5 Å². The standard InChI is InChI=1S/C18H22N2O3S/c1-3-14-9-7-8-12-16(14)19-18(21)20-17(13-24(2,22)23)15-10-5-4-6-11-15/h4-12,17H,3,13H2,1-2H3,(H2,19,20,21). The van der Waals surface area contributed by atoms with E-state index < -0.39 is 21.9 Å². The van der Waals surface area contributed by atoms with Gasteiger partial charge >= 0.3 is 6.03 Å². The van der Waals surface area contributed by atoms with Crippen molar-refractivity contribution >= 4 is 21.6 Å². The summed E-state index contributed by atoms with van der Waals surface area (Å²) in [5.74, 6) is -0.153. The summed E-state index contributed by atoms with van der Waals surface area (Å²) in [7, 11) is -3.25. The van der Waals surface area contributed by atoms with E-state index in [9.17, 15) is 13.2 Å². The molecule has 24 heavy (non-hydrogen) atoms. The van der Waals surface area contributed by atoms with E-state index in [1.165, 1.54) is 0 Å². The number of carbonyl (C=O) groups excluding carboxylic acids is 1. The summed E-state index contributed by atoms with van der Waals surface area (Å²) in [5, 5.41) is 5.56. The zero-order chi connectivity index (χ0) is 17.6.